The molecule has 10 nitrogen and oxygen atoms in total. The van der Waals surface area contributed by atoms with Crippen LogP contribution in [0.25, 0.3) is 0 Å². The second-order valence-corrected chi connectivity index (χ2v) is 20.8. The fourth-order valence-electron chi connectivity index (χ4n) is 13.8. The summed E-state index contributed by atoms with van der Waals surface area (Å²) in [5.74, 6) is 3.46. The number of benzene rings is 2. The van der Waals surface area contributed by atoms with Crippen molar-refractivity contribution < 1.29 is 0 Å². The Morgan fingerprint density at radius 2 is 1.21 bits per heavy atom. The number of aryl methyl sites for hydroxylation is 1. The van der Waals surface area contributed by atoms with Gasteiger partial charge in [0.25, 0.3) is 0 Å². The van der Waals surface area contributed by atoms with Crippen molar-refractivity contribution in [2.75, 3.05) is 89.3 Å². The first-order valence-corrected chi connectivity index (χ1v) is 24.4. The van der Waals surface area contributed by atoms with E-state index >= 15 is 0 Å². The molecule has 8 heterocycles. The van der Waals surface area contributed by atoms with Gasteiger partial charge in [-0.15, -0.1) is 0 Å². The summed E-state index contributed by atoms with van der Waals surface area (Å²) in [5.41, 5.74) is 16.2. The fourth-order valence-corrected chi connectivity index (χ4v) is 13.8. The van der Waals surface area contributed by atoms with Gasteiger partial charge in [-0.3, -0.25) is 19.8 Å². The highest BCUT2D eigenvalue weighted by molar-refractivity contribution is 5.63. The number of aromatic nitrogens is 2. The van der Waals surface area contributed by atoms with E-state index in [0.717, 1.165) is 95.0 Å². The lowest BCUT2D eigenvalue weighted by molar-refractivity contribution is 0.187. The lowest BCUT2D eigenvalue weighted by atomic mass is 9.77. The lowest BCUT2D eigenvalue weighted by Crippen LogP contribution is -2.46. The summed E-state index contributed by atoms with van der Waals surface area (Å²) in [7, 11) is 4.70. The van der Waals surface area contributed by atoms with Gasteiger partial charge >= 0.3 is 0 Å². The average molecular weight is 833 g/mol. The number of fused-ring (bicyclic) bond motifs is 6. The van der Waals surface area contributed by atoms with Crippen molar-refractivity contribution >= 4 is 11.4 Å². The van der Waals surface area contributed by atoms with Crippen LogP contribution >= 0.6 is 0 Å². The Kier molecular flexibility index (Phi) is 10.6. The Bertz CT molecular complexity index is 2250. The van der Waals surface area contributed by atoms with Crippen molar-refractivity contribution in [3.05, 3.63) is 117 Å². The van der Waals surface area contributed by atoms with Crippen LogP contribution in [0.2, 0.25) is 0 Å². The number of anilines is 2. The summed E-state index contributed by atoms with van der Waals surface area (Å²) in [6, 6.07) is 22.9. The minimum atomic E-state index is 0.319. The Balaban J connectivity index is 0.783. The molecule has 12 rings (SSSR count). The zero-order valence-electron chi connectivity index (χ0n) is 37.2. The summed E-state index contributed by atoms with van der Waals surface area (Å²) in [6.45, 7) is 13.4. The molecule has 8 aliphatic rings. The second-order valence-electron chi connectivity index (χ2n) is 20.8. The monoisotopic (exact) mass is 833 g/mol. The predicted molar refractivity (Wildman–Crippen MR) is 249 cm³/mol. The van der Waals surface area contributed by atoms with E-state index in [2.05, 4.69) is 110 Å². The average Bonchev–Trinajstić information content (AvgIpc) is 4.12. The maximum absolute atomic E-state index is 5.22. The molecule has 2 aromatic carbocycles. The van der Waals surface area contributed by atoms with Gasteiger partial charge in [-0.25, -0.2) is 0 Å². The molecular formula is C52H68N10. The molecule has 2 aromatic heterocycles. The van der Waals surface area contributed by atoms with Gasteiger partial charge in [-0.2, -0.15) is 0 Å². The highest BCUT2D eigenvalue weighted by atomic mass is 15.2. The van der Waals surface area contributed by atoms with Gasteiger partial charge < -0.3 is 31.1 Å². The van der Waals surface area contributed by atoms with Gasteiger partial charge in [0.2, 0.25) is 0 Å². The molecule has 9 atom stereocenters. The summed E-state index contributed by atoms with van der Waals surface area (Å²) < 4.78 is 0. The Morgan fingerprint density at radius 3 is 1.92 bits per heavy atom. The third-order valence-corrected chi connectivity index (χ3v) is 17.1. The van der Waals surface area contributed by atoms with Crippen LogP contribution in [0.3, 0.4) is 0 Å². The molecule has 0 bridgehead atoms. The summed E-state index contributed by atoms with van der Waals surface area (Å²) in [5, 5.41) is 15.3. The number of hydrogen-bond donors (Lipinski definition) is 4. The SMILES string of the molecule is CN(C[C@H]1Cc2c(cc(C3CC[C@H](N(C)C[C@@H]4Cc5c(cccc5N5C[C@@H]6CNC[C@H]6C5)CN4)c4ncccc43)cc2N2C[C@@H]3CNC[C@H]3C2)CN1)[C@H]1CCCc2cccnc21. The van der Waals surface area contributed by atoms with E-state index in [1.54, 1.807) is 11.1 Å². The molecule has 0 radical (unpaired) electrons. The smallest absolute Gasteiger partial charge is 0.0613 e. The third kappa shape index (κ3) is 7.27. The number of nitrogens with zero attached hydrogens (tertiary/aromatic N) is 6. The largest absolute Gasteiger partial charge is 0.371 e. The number of rotatable bonds is 9. The molecule has 2 aliphatic carbocycles. The van der Waals surface area contributed by atoms with Crippen LogP contribution < -0.4 is 31.1 Å². The zero-order chi connectivity index (χ0) is 41.3. The number of pyridine rings is 2. The third-order valence-electron chi connectivity index (χ3n) is 17.1. The van der Waals surface area contributed by atoms with E-state index < -0.39 is 0 Å². The summed E-state index contributed by atoms with van der Waals surface area (Å²) >= 11 is 0. The molecule has 0 spiro atoms. The van der Waals surface area contributed by atoms with Crippen molar-refractivity contribution in [1.82, 2.24) is 41.0 Å². The lowest BCUT2D eigenvalue weighted by Gasteiger charge is -2.40. The standard InChI is InChI=1S/C52H68N10/c1-59(48-12-3-7-33-9-5-15-55-51(33)48)31-42-20-46-36(26-58-42)17-35(18-50(46)62-29-39-23-54-24-40(39)30-62)43-13-14-49(52-44(43)10-6-16-56-52)60(2)32-41-19-45-34(25-57-41)8-4-11-47(45)61-27-37-21-53-22-38(37)28-61/h4-6,8-11,15-18,37-43,48-49,53-54,57-58H,3,7,12-14,19-32H2,1-2H3/t37-,38-,39-,40-,41-,42+,43?,48-,49-/m0/s1. The van der Waals surface area contributed by atoms with Gasteiger partial charge in [0.05, 0.1) is 23.5 Å². The number of likely N-dealkylation sites (N-methyl/N-ethyl adjacent to an activating group) is 2. The molecule has 10 heteroatoms. The Labute approximate surface area is 369 Å². The highest BCUT2D eigenvalue weighted by Crippen LogP contribution is 2.46. The molecule has 4 aromatic rings. The minimum absolute atomic E-state index is 0.319. The van der Waals surface area contributed by atoms with E-state index in [4.69, 9.17) is 9.97 Å². The van der Waals surface area contributed by atoms with E-state index in [0.29, 0.717) is 30.1 Å². The quantitative estimate of drug-likeness (QED) is 0.176. The Hall–Kier alpha value is -3.90. The molecule has 1 unspecified atom stereocenters. The number of hydrogen-bond acceptors (Lipinski definition) is 10. The van der Waals surface area contributed by atoms with Gasteiger partial charge in [-0.05, 0) is 146 Å². The summed E-state index contributed by atoms with van der Waals surface area (Å²) in [6.07, 6.45) is 12.1. The van der Waals surface area contributed by atoms with Crippen molar-refractivity contribution in [3.8, 4) is 0 Å². The molecular weight excluding hydrogens is 765 g/mol. The van der Waals surface area contributed by atoms with Crippen LogP contribution in [0.5, 0.6) is 0 Å². The first kappa shape index (κ1) is 39.7. The van der Waals surface area contributed by atoms with Gasteiger partial charge in [0.15, 0.2) is 0 Å². The van der Waals surface area contributed by atoms with Crippen LogP contribution in [-0.2, 0) is 32.4 Å². The zero-order valence-corrected chi connectivity index (χ0v) is 37.2. The number of nitrogens with one attached hydrogen (secondary N) is 4. The maximum atomic E-state index is 5.22. The molecule has 4 fully saturated rings. The Morgan fingerprint density at radius 1 is 0.613 bits per heavy atom. The van der Waals surface area contributed by atoms with Crippen LogP contribution in [-0.4, -0.2) is 111 Å². The van der Waals surface area contributed by atoms with Crippen LogP contribution in [0.4, 0.5) is 11.4 Å². The van der Waals surface area contributed by atoms with Gasteiger partial charge in [-0.1, -0.05) is 30.3 Å². The van der Waals surface area contributed by atoms with Crippen LogP contribution in [0.1, 0.15) is 94.0 Å². The van der Waals surface area contributed by atoms with Crippen LogP contribution in [0.15, 0.2) is 67.0 Å². The molecule has 62 heavy (non-hydrogen) atoms. The minimum Gasteiger partial charge on any atom is -0.371 e. The van der Waals surface area contributed by atoms with Crippen molar-refractivity contribution in [3.63, 3.8) is 0 Å². The van der Waals surface area contributed by atoms with E-state index in [1.807, 2.05) is 12.4 Å². The molecule has 4 saturated heterocycles. The van der Waals surface area contributed by atoms with Crippen molar-refractivity contribution in [1.29, 1.82) is 0 Å². The predicted octanol–water partition coefficient (Wildman–Crippen LogP) is 5.42. The first-order valence-electron chi connectivity index (χ1n) is 24.4. The maximum Gasteiger partial charge on any atom is 0.0613 e. The normalized spacial score (nSPS) is 31.2. The van der Waals surface area contributed by atoms with Crippen molar-refractivity contribution in [2.24, 2.45) is 23.7 Å². The van der Waals surface area contributed by atoms with Gasteiger partial charge in [0, 0.05) is 120 Å². The molecule has 0 amide bonds. The van der Waals surface area contributed by atoms with Gasteiger partial charge in [0.1, 0.15) is 0 Å². The topological polar surface area (TPSA) is 86.9 Å². The van der Waals surface area contributed by atoms with E-state index in [-0.39, 0.29) is 0 Å². The molecule has 6 aliphatic heterocycles. The van der Waals surface area contributed by atoms with Crippen LogP contribution in [0, 0.1) is 23.7 Å². The molecule has 4 N–H and O–H groups in total. The highest BCUT2D eigenvalue weighted by Gasteiger charge is 2.41. The van der Waals surface area contributed by atoms with E-state index in [9.17, 15) is 0 Å². The molecule has 326 valence electrons. The fraction of sp³-hybridized carbons (Fsp3) is 0.577. The van der Waals surface area contributed by atoms with E-state index in [1.165, 1.54) is 103 Å². The first-order chi connectivity index (χ1) is 30.5. The molecule has 0 saturated carbocycles. The van der Waals surface area contributed by atoms with Crippen molar-refractivity contribution in [2.45, 2.75) is 88.1 Å². The summed E-state index contributed by atoms with van der Waals surface area (Å²) in [4.78, 5) is 20.9. The second kappa shape index (κ2) is 16.6.